The molecular formula is C19H17O2P. The average Bonchev–Trinajstić information content (AvgIpc) is 2.55. The second-order valence-electron chi connectivity index (χ2n) is 5.44. The zero-order chi connectivity index (χ0) is 15.7. The van der Waals surface area contributed by atoms with Gasteiger partial charge in [0.25, 0.3) is 0 Å². The van der Waals surface area contributed by atoms with Gasteiger partial charge in [0.1, 0.15) is 0 Å². The molecule has 0 N–H and O–H groups in total. The summed E-state index contributed by atoms with van der Waals surface area (Å²) < 4.78 is 12.6. The Morgan fingerprint density at radius 1 is 0.909 bits per heavy atom. The highest BCUT2D eigenvalue weighted by Crippen LogP contribution is 2.33. The molecule has 0 aliphatic heterocycles. The molecule has 0 saturated carbocycles. The van der Waals surface area contributed by atoms with E-state index in [1.807, 2.05) is 62.4 Å². The third-order valence-corrected chi connectivity index (χ3v) is 5.50. The molecule has 3 aromatic carbocycles. The fourth-order valence-electron chi connectivity index (χ4n) is 2.88. The highest BCUT2D eigenvalue weighted by Gasteiger charge is 2.21. The zero-order valence-corrected chi connectivity index (χ0v) is 13.6. The third kappa shape index (κ3) is 2.51. The fraction of sp³-hybridized carbons (Fsp3) is 0.105. The second kappa shape index (κ2) is 5.90. The van der Waals surface area contributed by atoms with E-state index in [1.165, 1.54) is 0 Å². The summed E-state index contributed by atoms with van der Waals surface area (Å²) in [6.45, 7) is 3.84. The first kappa shape index (κ1) is 14.7. The van der Waals surface area contributed by atoms with Crippen molar-refractivity contribution in [3.8, 4) is 0 Å². The van der Waals surface area contributed by atoms with Gasteiger partial charge in [-0.15, -0.1) is 0 Å². The molecule has 0 fully saturated rings. The van der Waals surface area contributed by atoms with E-state index in [1.54, 1.807) is 12.1 Å². The number of hydrogen-bond acceptors (Lipinski definition) is 2. The molecule has 0 amide bonds. The Bertz CT molecular complexity index is 883. The molecule has 22 heavy (non-hydrogen) atoms. The summed E-state index contributed by atoms with van der Waals surface area (Å²) in [5.74, 6) is 0. The lowest BCUT2D eigenvalue weighted by Gasteiger charge is -2.12. The topological polar surface area (TPSA) is 34.1 Å². The smallest absolute Gasteiger partial charge is 0.223 e. The van der Waals surface area contributed by atoms with Crippen molar-refractivity contribution in [3.63, 3.8) is 0 Å². The number of carbonyl (C=O) groups excluding carboxylic acids is 1. The zero-order valence-electron chi connectivity index (χ0n) is 12.6. The van der Waals surface area contributed by atoms with Crippen LogP contribution in [-0.4, -0.2) is 5.52 Å². The molecule has 0 saturated heterocycles. The molecule has 0 bridgehead atoms. The number of rotatable bonds is 3. The first-order valence-corrected chi connectivity index (χ1v) is 8.63. The van der Waals surface area contributed by atoms with Crippen LogP contribution in [0.15, 0.2) is 60.7 Å². The van der Waals surface area contributed by atoms with Crippen LogP contribution in [0.3, 0.4) is 0 Å². The number of aryl methyl sites for hydroxylation is 2. The van der Waals surface area contributed by atoms with E-state index >= 15 is 0 Å². The van der Waals surface area contributed by atoms with Gasteiger partial charge < -0.3 is 4.57 Å². The fourth-order valence-corrected chi connectivity index (χ4v) is 4.25. The van der Waals surface area contributed by atoms with Crippen LogP contribution in [-0.2, 0) is 4.57 Å². The lowest BCUT2D eigenvalue weighted by Crippen LogP contribution is -2.07. The molecule has 1 atom stereocenters. The number of fused-ring (bicyclic) bond motifs is 1. The van der Waals surface area contributed by atoms with Crippen LogP contribution in [0, 0.1) is 13.8 Å². The van der Waals surface area contributed by atoms with Crippen molar-refractivity contribution in [2.45, 2.75) is 13.8 Å². The normalized spacial score (nSPS) is 12.3. The molecule has 110 valence electrons. The number of hydrogen-bond donors (Lipinski definition) is 0. The van der Waals surface area contributed by atoms with Crippen molar-refractivity contribution in [1.29, 1.82) is 0 Å². The van der Waals surface area contributed by atoms with Crippen molar-refractivity contribution in [1.82, 2.24) is 0 Å². The summed E-state index contributed by atoms with van der Waals surface area (Å²) >= 11 is 0. The summed E-state index contributed by atoms with van der Waals surface area (Å²) in [4.78, 5) is 12.8. The van der Waals surface area contributed by atoms with E-state index in [9.17, 15) is 9.36 Å². The largest absolute Gasteiger partial charge is 0.313 e. The Kier molecular flexibility index (Phi) is 3.96. The second-order valence-corrected chi connectivity index (χ2v) is 7.13. The first-order valence-electron chi connectivity index (χ1n) is 7.22. The lowest BCUT2D eigenvalue weighted by molar-refractivity contribution is 0.107. The maximum atomic E-state index is 12.8. The Morgan fingerprint density at radius 2 is 1.55 bits per heavy atom. The maximum absolute atomic E-state index is 12.8. The van der Waals surface area contributed by atoms with Crippen LogP contribution >= 0.6 is 7.80 Å². The molecule has 0 spiro atoms. The van der Waals surface area contributed by atoms with Gasteiger partial charge in [-0.05, 0) is 35.7 Å². The van der Waals surface area contributed by atoms with Gasteiger partial charge in [0, 0.05) is 10.9 Å². The van der Waals surface area contributed by atoms with Crippen molar-refractivity contribution < 1.29 is 9.36 Å². The Labute approximate surface area is 130 Å². The van der Waals surface area contributed by atoms with Gasteiger partial charge in [0.05, 0.1) is 0 Å². The maximum Gasteiger partial charge on any atom is 0.223 e. The van der Waals surface area contributed by atoms with Gasteiger partial charge in [-0.2, -0.15) is 0 Å². The van der Waals surface area contributed by atoms with Gasteiger partial charge >= 0.3 is 0 Å². The van der Waals surface area contributed by atoms with E-state index < -0.39 is 7.80 Å². The molecule has 3 rings (SSSR count). The van der Waals surface area contributed by atoms with E-state index in [0.717, 1.165) is 21.9 Å². The van der Waals surface area contributed by atoms with E-state index in [4.69, 9.17) is 0 Å². The number of carbonyl (C=O) groups is 1. The van der Waals surface area contributed by atoms with Gasteiger partial charge in [-0.25, -0.2) is 0 Å². The quantitative estimate of drug-likeness (QED) is 0.668. The van der Waals surface area contributed by atoms with Crippen molar-refractivity contribution in [2.24, 2.45) is 0 Å². The highest BCUT2D eigenvalue weighted by atomic mass is 31.1. The predicted octanol–water partition coefficient (Wildman–Crippen LogP) is 4.48. The molecule has 0 heterocycles. The molecule has 0 aromatic heterocycles. The van der Waals surface area contributed by atoms with Crippen LogP contribution in [0.25, 0.3) is 10.8 Å². The minimum Gasteiger partial charge on any atom is -0.313 e. The molecule has 0 aliphatic rings. The summed E-state index contributed by atoms with van der Waals surface area (Å²) in [5, 5.41) is 2.76. The first-order chi connectivity index (χ1) is 10.6. The van der Waals surface area contributed by atoms with E-state index in [2.05, 4.69) is 0 Å². The monoisotopic (exact) mass is 308 g/mol. The standard InChI is InChI=1S/C19H17O2P/c1-13-12-15-8-6-7-11-17(15)14(2)18(13)19(20)22(21)16-9-4-3-5-10-16/h3-12,22H,1-2H3. The van der Waals surface area contributed by atoms with Crippen LogP contribution in [0.5, 0.6) is 0 Å². The third-order valence-electron chi connectivity index (χ3n) is 3.98. The summed E-state index contributed by atoms with van der Waals surface area (Å²) in [5.41, 5.74) is 2.15. The number of benzene rings is 3. The van der Waals surface area contributed by atoms with Crippen LogP contribution < -0.4 is 5.30 Å². The molecule has 3 aromatic rings. The minimum atomic E-state index is -2.50. The Balaban J connectivity index is 2.14. The molecule has 0 aliphatic carbocycles. The highest BCUT2D eigenvalue weighted by molar-refractivity contribution is 7.71. The lowest BCUT2D eigenvalue weighted by atomic mass is 9.96. The summed E-state index contributed by atoms with van der Waals surface area (Å²) in [6, 6.07) is 19.0. The summed E-state index contributed by atoms with van der Waals surface area (Å²) in [6.07, 6.45) is 0. The van der Waals surface area contributed by atoms with Gasteiger partial charge in [-0.1, -0.05) is 60.7 Å². The predicted molar refractivity (Wildman–Crippen MR) is 92.8 cm³/mol. The Hall–Kier alpha value is -2.18. The van der Waals surface area contributed by atoms with Gasteiger partial charge in [0.2, 0.25) is 5.52 Å². The van der Waals surface area contributed by atoms with E-state index in [0.29, 0.717) is 10.9 Å². The van der Waals surface area contributed by atoms with Gasteiger partial charge in [-0.3, -0.25) is 4.79 Å². The molecule has 3 heteroatoms. The minimum absolute atomic E-state index is 0.253. The van der Waals surface area contributed by atoms with Crippen molar-refractivity contribution in [2.75, 3.05) is 0 Å². The van der Waals surface area contributed by atoms with Crippen molar-refractivity contribution >= 4 is 29.4 Å². The summed E-state index contributed by atoms with van der Waals surface area (Å²) in [7, 11) is -2.50. The SMILES string of the molecule is Cc1cc2ccccc2c(C)c1C(=O)[PH](=O)c1ccccc1. The van der Waals surface area contributed by atoms with Crippen LogP contribution in [0.1, 0.15) is 21.5 Å². The van der Waals surface area contributed by atoms with Gasteiger partial charge in [0.15, 0.2) is 7.80 Å². The van der Waals surface area contributed by atoms with Crippen LogP contribution in [0.2, 0.25) is 0 Å². The Morgan fingerprint density at radius 3 is 2.27 bits per heavy atom. The van der Waals surface area contributed by atoms with E-state index in [-0.39, 0.29) is 5.52 Å². The van der Waals surface area contributed by atoms with Crippen molar-refractivity contribution in [3.05, 3.63) is 77.4 Å². The van der Waals surface area contributed by atoms with Crippen LogP contribution in [0.4, 0.5) is 0 Å². The molecule has 0 radical (unpaired) electrons. The molecule has 2 nitrogen and oxygen atoms in total. The molecular weight excluding hydrogens is 291 g/mol. The average molecular weight is 308 g/mol. The molecule has 1 unspecified atom stereocenters.